The summed E-state index contributed by atoms with van der Waals surface area (Å²) in [4.78, 5) is 20.5. The van der Waals surface area contributed by atoms with Crippen LogP contribution in [0.4, 0.5) is 11.4 Å². The minimum Gasteiger partial charge on any atom is -0.321 e. The summed E-state index contributed by atoms with van der Waals surface area (Å²) in [5, 5.41) is 2.66. The molecule has 0 spiro atoms. The van der Waals surface area contributed by atoms with Gasteiger partial charge in [0.1, 0.15) is 5.69 Å². The van der Waals surface area contributed by atoms with E-state index in [1.54, 1.807) is 44.2 Å². The number of sulfonamides is 1. The van der Waals surface area contributed by atoms with Gasteiger partial charge in [-0.1, -0.05) is 18.2 Å². The zero-order valence-electron chi connectivity index (χ0n) is 15.7. The lowest BCUT2D eigenvalue weighted by molar-refractivity contribution is 0.102. The Morgan fingerprint density at radius 2 is 1.71 bits per heavy atom. The molecule has 2 N–H and O–H groups in total. The number of anilines is 2. The molecule has 7 nitrogen and oxygen atoms in total. The van der Waals surface area contributed by atoms with Crippen molar-refractivity contribution in [3.63, 3.8) is 0 Å². The Morgan fingerprint density at radius 1 is 0.929 bits per heavy atom. The van der Waals surface area contributed by atoms with Crippen molar-refractivity contribution in [2.75, 3.05) is 10.0 Å². The van der Waals surface area contributed by atoms with Gasteiger partial charge in [0.05, 0.1) is 16.8 Å². The lowest BCUT2D eigenvalue weighted by Gasteiger charge is -2.13. The van der Waals surface area contributed by atoms with Crippen LogP contribution in [0.5, 0.6) is 0 Å². The second-order valence-corrected chi connectivity index (χ2v) is 8.10. The Kier molecular flexibility index (Phi) is 5.41. The molecule has 0 unspecified atom stereocenters. The Labute approximate surface area is 163 Å². The van der Waals surface area contributed by atoms with E-state index in [1.165, 1.54) is 18.5 Å². The van der Waals surface area contributed by atoms with E-state index < -0.39 is 15.9 Å². The molecule has 3 rings (SSSR count). The van der Waals surface area contributed by atoms with Crippen molar-refractivity contribution >= 4 is 27.3 Å². The first-order valence-corrected chi connectivity index (χ1v) is 10.0. The van der Waals surface area contributed by atoms with Crippen LogP contribution in [-0.4, -0.2) is 24.3 Å². The number of aromatic nitrogens is 2. The quantitative estimate of drug-likeness (QED) is 0.688. The molecule has 8 heteroatoms. The van der Waals surface area contributed by atoms with E-state index in [4.69, 9.17) is 0 Å². The van der Waals surface area contributed by atoms with Gasteiger partial charge in [0, 0.05) is 17.6 Å². The minimum atomic E-state index is -3.82. The first kappa shape index (κ1) is 19.5. The van der Waals surface area contributed by atoms with Gasteiger partial charge in [-0.3, -0.25) is 14.5 Å². The minimum absolute atomic E-state index is 0.0850. The number of aryl methyl sites for hydroxylation is 3. The highest BCUT2D eigenvalue weighted by atomic mass is 32.2. The molecule has 144 valence electrons. The van der Waals surface area contributed by atoms with E-state index in [0.29, 0.717) is 22.6 Å². The van der Waals surface area contributed by atoms with Crippen molar-refractivity contribution < 1.29 is 13.2 Å². The molecule has 0 bridgehead atoms. The zero-order chi connectivity index (χ0) is 20.3. The maximum Gasteiger partial charge on any atom is 0.275 e. The van der Waals surface area contributed by atoms with Gasteiger partial charge in [-0.2, -0.15) is 0 Å². The van der Waals surface area contributed by atoms with Crippen LogP contribution in [0.1, 0.15) is 27.3 Å². The second kappa shape index (κ2) is 7.77. The molecular formula is C20H20N4O3S. The number of nitrogens with one attached hydrogen (secondary N) is 2. The summed E-state index contributed by atoms with van der Waals surface area (Å²) in [6.07, 6.45) is 2.86. The average molecular weight is 396 g/mol. The van der Waals surface area contributed by atoms with Crippen LogP contribution < -0.4 is 10.0 Å². The first-order chi connectivity index (χ1) is 13.2. The largest absolute Gasteiger partial charge is 0.321 e. The third-order valence-corrected chi connectivity index (χ3v) is 5.54. The maximum absolute atomic E-state index is 12.8. The summed E-state index contributed by atoms with van der Waals surface area (Å²) < 4.78 is 28.2. The summed E-state index contributed by atoms with van der Waals surface area (Å²) in [6, 6.07) is 11.8. The molecular weight excluding hydrogens is 376 g/mol. The number of rotatable bonds is 5. The first-order valence-electron chi connectivity index (χ1n) is 8.55. The summed E-state index contributed by atoms with van der Waals surface area (Å²) in [5.41, 5.74) is 3.17. The highest BCUT2D eigenvalue weighted by Gasteiger charge is 2.19. The van der Waals surface area contributed by atoms with Crippen LogP contribution in [-0.2, 0) is 10.0 Å². The molecule has 28 heavy (non-hydrogen) atoms. The molecule has 0 aliphatic carbocycles. The molecule has 1 amide bonds. The van der Waals surface area contributed by atoms with Gasteiger partial charge in [0.25, 0.3) is 15.9 Å². The summed E-state index contributed by atoms with van der Waals surface area (Å²) in [5.74, 6) is -0.466. The molecule has 0 saturated heterocycles. The van der Waals surface area contributed by atoms with Crippen molar-refractivity contribution in [1.82, 2.24) is 9.97 Å². The molecule has 3 aromatic rings. The monoisotopic (exact) mass is 396 g/mol. The molecule has 1 aromatic heterocycles. The van der Waals surface area contributed by atoms with Crippen molar-refractivity contribution in [3.8, 4) is 0 Å². The van der Waals surface area contributed by atoms with Crippen LogP contribution in [0, 0.1) is 20.8 Å². The average Bonchev–Trinajstić information content (AvgIpc) is 2.63. The van der Waals surface area contributed by atoms with Gasteiger partial charge >= 0.3 is 0 Å². The van der Waals surface area contributed by atoms with Gasteiger partial charge in [0.2, 0.25) is 0 Å². The number of hydrogen-bond acceptors (Lipinski definition) is 5. The van der Waals surface area contributed by atoms with E-state index in [0.717, 1.165) is 5.56 Å². The van der Waals surface area contributed by atoms with Crippen LogP contribution in [0.15, 0.2) is 59.8 Å². The van der Waals surface area contributed by atoms with Gasteiger partial charge in [-0.15, -0.1) is 0 Å². The normalized spacial score (nSPS) is 11.1. The predicted molar refractivity (Wildman–Crippen MR) is 108 cm³/mol. The summed E-state index contributed by atoms with van der Waals surface area (Å²) in [6.45, 7) is 5.35. The Morgan fingerprint density at radius 3 is 2.39 bits per heavy atom. The Bertz CT molecular complexity index is 1130. The SMILES string of the molecule is Cc1cccc(NS(=O)(=O)c2cc(NC(=O)c3cnc(C)cn3)ccc2C)c1. The summed E-state index contributed by atoms with van der Waals surface area (Å²) >= 11 is 0. The third-order valence-electron chi connectivity index (χ3n) is 4.02. The molecule has 0 aliphatic heterocycles. The molecule has 0 fully saturated rings. The van der Waals surface area contributed by atoms with Crippen molar-refractivity contribution in [3.05, 3.63) is 77.4 Å². The predicted octanol–water partition coefficient (Wildman–Crippen LogP) is 3.45. The fourth-order valence-corrected chi connectivity index (χ4v) is 3.91. The van der Waals surface area contributed by atoms with Crippen LogP contribution >= 0.6 is 0 Å². The molecule has 2 aromatic carbocycles. The lowest BCUT2D eigenvalue weighted by Crippen LogP contribution is -2.17. The number of nitrogens with zero attached hydrogens (tertiary/aromatic N) is 2. The molecule has 0 atom stereocenters. The molecule has 1 heterocycles. The van der Waals surface area contributed by atoms with E-state index >= 15 is 0 Å². The third kappa shape index (κ3) is 4.52. The van der Waals surface area contributed by atoms with Gasteiger partial charge in [0.15, 0.2) is 0 Å². The van der Waals surface area contributed by atoms with Gasteiger partial charge in [-0.25, -0.2) is 13.4 Å². The standard InChI is InChI=1S/C20H20N4O3S/c1-13-5-4-6-17(9-13)24-28(26,27)19-10-16(8-7-14(19)2)23-20(25)18-12-21-15(3)11-22-18/h4-12,24H,1-3H3,(H,23,25). The van der Waals surface area contributed by atoms with E-state index in [9.17, 15) is 13.2 Å². The van der Waals surface area contributed by atoms with Crippen LogP contribution in [0.2, 0.25) is 0 Å². The number of carbonyl (C=O) groups excluding carboxylic acids is 1. The number of benzene rings is 2. The van der Waals surface area contributed by atoms with E-state index in [-0.39, 0.29) is 10.6 Å². The Balaban J connectivity index is 1.86. The molecule has 0 aliphatic rings. The Hall–Kier alpha value is -3.26. The second-order valence-electron chi connectivity index (χ2n) is 6.45. The number of carbonyl (C=O) groups is 1. The van der Waals surface area contributed by atoms with Crippen molar-refractivity contribution in [2.45, 2.75) is 25.7 Å². The van der Waals surface area contributed by atoms with Gasteiger partial charge in [-0.05, 0) is 56.2 Å². The molecule has 0 radical (unpaired) electrons. The maximum atomic E-state index is 12.8. The summed E-state index contributed by atoms with van der Waals surface area (Å²) in [7, 11) is -3.82. The number of hydrogen-bond donors (Lipinski definition) is 2. The lowest BCUT2D eigenvalue weighted by atomic mass is 10.2. The van der Waals surface area contributed by atoms with Gasteiger partial charge < -0.3 is 5.32 Å². The highest BCUT2D eigenvalue weighted by Crippen LogP contribution is 2.23. The zero-order valence-corrected chi connectivity index (χ0v) is 16.5. The smallest absolute Gasteiger partial charge is 0.275 e. The van der Waals surface area contributed by atoms with E-state index in [2.05, 4.69) is 20.0 Å². The van der Waals surface area contributed by atoms with Crippen LogP contribution in [0.3, 0.4) is 0 Å². The fraction of sp³-hybridized carbons (Fsp3) is 0.150. The van der Waals surface area contributed by atoms with E-state index in [1.807, 2.05) is 13.0 Å². The molecule has 0 saturated carbocycles. The fourth-order valence-electron chi connectivity index (χ4n) is 2.59. The highest BCUT2D eigenvalue weighted by molar-refractivity contribution is 7.92. The van der Waals surface area contributed by atoms with Crippen LogP contribution in [0.25, 0.3) is 0 Å². The van der Waals surface area contributed by atoms with Crippen molar-refractivity contribution in [1.29, 1.82) is 0 Å². The van der Waals surface area contributed by atoms with Crippen molar-refractivity contribution in [2.24, 2.45) is 0 Å². The topological polar surface area (TPSA) is 101 Å². The number of amides is 1.